The first-order chi connectivity index (χ1) is 52.1. The van der Waals surface area contributed by atoms with Gasteiger partial charge < -0.3 is 86.5 Å². The van der Waals surface area contributed by atoms with E-state index in [2.05, 4.69) is 55.8 Å². The van der Waals surface area contributed by atoms with Crippen LogP contribution >= 0.6 is 24.8 Å². The number of anilines is 3. The lowest BCUT2D eigenvalue weighted by Crippen LogP contribution is -2.35. The second-order valence-corrected chi connectivity index (χ2v) is 27.1. The number of aliphatic hydroxyl groups excluding tert-OH is 1. The highest BCUT2D eigenvalue weighted by atomic mass is 31.1. The van der Waals surface area contributed by atoms with E-state index < -0.39 is 185 Å². The summed E-state index contributed by atoms with van der Waals surface area (Å²) in [7, 11) is -11.1. The highest BCUT2D eigenvalue weighted by molar-refractivity contribution is 7.33. The predicted molar refractivity (Wildman–Crippen MR) is 366 cm³/mol. The quantitative estimate of drug-likeness (QED) is 0.0148. The molecule has 4 aliphatic heterocycles. The number of rotatable bonds is 33. The molecule has 7 N–H and O–H groups in total. The van der Waals surface area contributed by atoms with Crippen LogP contribution in [0.1, 0.15) is 69.5 Å². The lowest BCUT2D eigenvalue weighted by molar-refractivity contribution is -0.160. The second-order valence-electron chi connectivity index (χ2n) is 24.0. The third kappa shape index (κ3) is 19.3. The number of carbonyl (C=O) groups is 5. The number of aromatic nitrogens is 12. The number of imidazole rings is 2. The molecule has 0 bridgehead atoms. The van der Waals surface area contributed by atoms with E-state index in [0.717, 1.165) is 15.5 Å². The fourth-order valence-electron chi connectivity index (χ4n) is 11.7. The molecule has 4 aliphatic rings. The van der Waals surface area contributed by atoms with Crippen LogP contribution in [0.25, 0.3) is 22.3 Å². The summed E-state index contributed by atoms with van der Waals surface area (Å²) in [5.41, 5.74) is 3.18. The molecule has 0 saturated carbocycles. The van der Waals surface area contributed by atoms with Crippen LogP contribution in [0.3, 0.4) is 0 Å². The number of ether oxygens (including phenoxy) is 8. The number of amides is 4. The summed E-state index contributed by atoms with van der Waals surface area (Å²) in [6.07, 6.45) is -9.38. The summed E-state index contributed by atoms with van der Waals surface area (Å²) >= 11 is 0. The SMILES string of the molecule is CC(=O)Nc1ccn([C@H]2C[C@@H](O[PH](=O)OC[C@H]3O[C@@H](n4cnc5c(NC(=O)COc6ccccc6)ncnc54)C[C@H]3O[PH](=O)OC[C@H]3O[C@@H](n4cnc5c(OCCC#N)nc(NC(=O)COc6ccccc6)nc54)C[C@H]3O[PH](=O)OC[C@H]3O[C@@H](n4cc(C)c(=O)[nH]c4=O)C[C@H]3OC(=O)C(N)=O)[C@@H](CO)O2)c(=O)n1. The number of benzene rings is 2. The number of hydrogen-bond acceptors (Lipinski definition) is 34. The number of para-hydroxylation sites is 2. The lowest BCUT2D eigenvalue weighted by atomic mass is 10.2. The molecule has 10 heterocycles. The Morgan fingerprint density at radius 3 is 1.73 bits per heavy atom. The average molecular weight is 1560 g/mol. The van der Waals surface area contributed by atoms with Gasteiger partial charge >= 0.3 is 48.0 Å². The standard InChI is InChI=1S/C62H68N17O26P3/c1-32-22-77(62(88)74-57(32)85)48-18-36(102-59(86)53(64)84)41(99-48)24-95-107(90)105-39-21-50(79-31-68-52-56(79)73-60(75-58(52)92-17-9-15-63)72-46(83)28-94-35-12-7-4-8-13-35)101-43(39)26-97-108(91)104-38-20-49(78-30-67-51-54(65-29-66-55(51)78)71-45(82)27-93-34-10-5-3-6-11-34)100-42(38)25-96-106(89)103-37-19-47(98-40(37)23-80)76-16-14-44(69-33(2)81)70-61(76)87/h3-8,10-14,16,22,29-31,36-43,47-50,80,106-108H,9,17-21,23-28H2,1-2H3,(H2,64,84)(H,74,85,88)(H,65,66,71,82)(H,69,70,81,87)(H,72,73,75,83)/t36-,37-,38-,39-,40-,41-,42-,43-,47-,48-,49-,50-/m1/s1. The van der Waals surface area contributed by atoms with Crippen LogP contribution in [0.4, 0.5) is 17.6 Å². The molecular formula is C62H68N17O26P3. The summed E-state index contributed by atoms with van der Waals surface area (Å²) in [6, 6.07) is 20.4. The third-order valence-electron chi connectivity index (χ3n) is 16.7. The van der Waals surface area contributed by atoms with Gasteiger partial charge in [0.25, 0.3) is 17.4 Å². The Kier molecular flexibility index (Phi) is 25.4. The maximum Gasteiger partial charge on any atom is 0.396 e. The van der Waals surface area contributed by atoms with Crippen molar-refractivity contribution in [3.05, 3.63) is 135 Å². The van der Waals surface area contributed by atoms with Crippen molar-refractivity contribution in [2.24, 2.45) is 5.73 Å². The Labute approximate surface area is 609 Å². The second kappa shape index (κ2) is 35.5. The van der Waals surface area contributed by atoms with Crippen LogP contribution in [0.15, 0.2) is 112 Å². The number of carbonyl (C=O) groups excluding carboxylic acids is 5. The van der Waals surface area contributed by atoms with Crippen LogP contribution < -0.4 is 52.8 Å². The Morgan fingerprint density at radius 2 is 1.17 bits per heavy atom. The van der Waals surface area contributed by atoms with Gasteiger partial charge in [0.15, 0.2) is 41.4 Å². The molecule has 3 unspecified atom stereocenters. The number of hydrogen-bond donors (Lipinski definition) is 6. The van der Waals surface area contributed by atoms with Gasteiger partial charge in [0.1, 0.15) is 85.7 Å². The summed E-state index contributed by atoms with van der Waals surface area (Å²) < 4.78 is 130. The topological polar surface area (TPSA) is 549 Å². The normalized spacial score (nSPS) is 23.3. The molecule has 12 rings (SSSR count). The maximum atomic E-state index is 14.5. The average Bonchev–Trinajstić information content (AvgIpc) is 1.63. The van der Waals surface area contributed by atoms with Crippen molar-refractivity contribution < 1.29 is 108 Å². The van der Waals surface area contributed by atoms with Crippen LogP contribution in [0.5, 0.6) is 17.4 Å². The molecule has 4 saturated heterocycles. The van der Waals surface area contributed by atoms with E-state index in [1.165, 1.54) is 54.1 Å². The van der Waals surface area contributed by atoms with Gasteiger partial charge in [-0.25, -0.2) is 34.3 Å². The summed E-state index contributed by atoms with van der Waals surface area (Å²) in [6.45, 7) is -0.946. The minimum Gasteiger partial charge on any atom is -0.484 e. The highest BCUT2D eigenvalue weighted by Crippen LogP contribution is 2.45. The van der Waals surface area contributed by atoms with Gasteiger partial charge in [0, 0.05) is 50.6 Å². The van der Waals surface area contributed by atoms with Crippen molar-refractivity contribution in [2.45, 2.75) is 120 Å². The monoisotopic (exact) mass is 1560 g/mol. The molecule has 0 spiro atoms. The number of primary amides is 1. The van der Waals surface area contributed by atoms with Crippen molar-refractivity contribution in [3.63, 3.8) is 0 Å². The van der Waals surface area contributed by atoms with Gasteiger partial charge in [0.05, 0.1) is 69.9 Å². The smallest absolute Gasteiger partial charge is 0.396 e. The molecule has 8 aromatic rings. The van der Waals surface area contributed by atoms with Crippen molar-refractivity contribution in [2.75, 3.05) is 62.2 Å². The first-order valence-electron chi connectivity index (χ1n) is 32.9. The molecule has 6 aromatic heterocycles. The Hall–Kier alpha value is -10.4. The van der Waals surface area contributed by atoms with Crippen molar-refractivity contribution in [1.82, 2.24) is 58.1 Å². The maximum absolute atomic E-state index is 14.5. The van der Waals surface area contributed by atoms with Crippen molar-refractivity contribution >= 4 is 94.3 Å². The number of fused-ring (bicyclic) bond motifs is 2. The fourth-order valence-corrected chi connectivity index (χ4v) is 14.3. The molecule has 0 aliphatic carbocycles. The number of nitrogens with zero attached hydrogens (tertiary/aromatic N) is 12. The van der Waals surface area contributed by atoms with Crippen LogP contribution in [-0.2, 0) is 88.5 Å². The molecular weight excluding hydrogens is 1490 g/mol. The van der Waals surface area contributed by atoms with E-state index in [4.69, 9.17) is 70.8 Å². The highest BCUT2D eigenvalue weighted by Gasteiger charge is 2.45. The van der Waals surface area contributed by atoms with Gasteiger partial charge in [-0.15, -0.1) is 0 Å². The zero-order valence-electron chi connectivity index (χ0n) is 56.7. The predicted octanol–water partition coefficient (Wildman–Crippen LogP) is 1.98. The van der Waals surface area contributed by atoms with Gasteiger partial charge in [-0.3, -0.25) is 66.2 Å². The Bertz CT molecular complexity index is 4910. The molecule has 108 heavy (non-hydrogen) atoms. The first-order valence-corrected chi connectivity index (χ1v) is 36.6. The summed E-state index contributed by atoms with van der Waals surface area (Å²) in [5.74, 6) is -4.32. The van der Waals surface area contributed by atoms with E-state index in [0.29, 0.717) is 11.5 Å². The van der Waals surface area contributed by atoms with Gasteiger partial charge in [-0.2, -0.15) is 20.2 Å². The van der Waals surface area contributed by atoms with Crippen LogP contribution in [0, 0.1) is 18.3 Å². The minimum atomic E-state index is -3.77. The van der Waals surface area contributed by atoms with E-state index >= 15 is 0 Å². The number of aliphatic hydroxyl groups is 1. The summed E-state index contributed by atoms with van der Waals surface area (Å²) in [4.78, 5) is 133. The number of aromatic amines is 1. The molecule has 43 nitrogen and oxygen atoms in total. The molecule has 15 atom stereocenters. The Morgan fingerprint density at radius 1 is 0.639 bits per heavy atom. The molecule has 0 radical (unpaired) electrons. The summed E-state index contributed by atoms with van der Waals surface area (Å²) in [5, 5.41) is 27.3. The van der Waals surface area contributed by atoms with Crippen molar-refractivity contribution in [1.29, 1.82) is 5.26 Å². The zero-order chi connectivity index (χ0) is 76.1. The van der Waals surface area contributed by atoms with E-state index in [1.807, 2.05) is 6.07 Å². The molecule has 4 amide bonds. The van der Waals surface area contributed by atoms with Crippen molar-refractivity contribution in [3.8, 4) is 23.4 Å². The third-order valence-corrected chi connectivity index (χ3v) is 19.4. The van der Waals surface area contributed by atoms with Crippen LogP contribution in [-0.4, -0.2) is 188 Å². The van der Waals surface area contributed by atoms with E-state index in [9.17, 15) is 62.4 Å². The van der Waals surface area contributed by atoms with E-state index in [-0.39, 0.29) is 90.1 Å². The fraction of sp³-hybridized carbons (Fsp3) is 0.419. The van der Waals surface area contributed by atoms with Crippen LogP contribution in [0.2, 0.25) is 0 Å². The number of esters is 1. The van der Waals surface area contributed by atoms with Gasteiger partial charge in [-0.05, 0) is 37.3 Å². The Balaban J connectivity index is 0.780. The number of aryl methyl sites for hydroxylation is 1. The largest absolute Gasteiger partial charge is 0.484 e. The van der Waals surface area contributed by atoms with Gasteiger partial charge in [-0.1, -0.05) is 36.4 Å². The number of nitriles is 1. The number of nitrogens with one attached hydrogen (secondary N) is 4. The molecule has 46 heteroatoms. The number of nitrogens with two attached hydrogens (primary N) is 1. The number of H-pyrrole nitrogens is 1. The molecule has 2 aromatic carbocycles. The molecule has 572 valence electrons. The zero-order valence-corrected chi connectivity index (χ0v) is 59.7. The lowest BCUT2D eigenvalue weighted by Gasteiger charge is -2.22. The van der Waals surface area contributed by atoms with Gasteiger partial charge in [0.2, 0.25) is 17.7 Å². The first kappa shape index (κ1) is 77.2. The minimum absolute atomic E-state index is 0.00437. The van der Waals surface area contributed by atoms with E-state index in [1.54, 1.807) is 60.7 Å². The molecule has 4 fully saturated rings.